The molecule has 1 aliphatic heterocycles. The summed E-state index contributed by atoms with van der Waals surface area (Å²) in [5.74, 6) is -3.83. The fourth-order valence-corrected chi connectivity index (χ4v) is 4.70. The fourth-order valence-electron chi connectivity index (χ4n) is 3.44. The first kappa shape index (κ1) is 26.8. The topological polar surface area (TPSA) is 92.8 Å². The van der Waals surface area contributed by atoms with Crippen LogP contribution in [-0.2, 0) is 14.3 Å². The van der Waals surface area contributed by atoms with Crippen LogP contribution in [0.3, 0.4) is 0 Å². The average molecular weight is 611 g/mol. The Hall–Kier alpha value is -1.84. The molecule has 0 saturated carbocycles. The lowest BCUT2D eigenvalue weighted by Crippen LogP contribution is -2.49. The van der Waals surface area contributed by atoms with Crippen molar-refractivity contribution in [2.75, 3.05) is 11.9 Å². The second-order valence-corrected chi connectivity index (χ2v) is 10.2. The van der Waals surface area contributed by atoms with Gasteiger partial charge in [0.1, 0.15) is 6.04 Å². The predicted octanol–water partition coefficient (Wildman–Crippen LogP) is 6.17. The van der Waals surface area contributed by atoms with Crippen LogP contribution < -0.4 is 5.32 Å². The predicted molar refractivity (Wildman–Crippen MR) is 134 cm³/mol. The zero-order chi connectivity index (χ0) is 25.5. The minimum Gasteiger partial charge on any atom is -0.454 e. The van der Waals surface area contributed by atoms with E-state index < -0.39 is 42.3 Å². The second kappa shape index (κ2) is 10.4. The van der Waals surface area contributed by atoms with Crippen LogP contribution in [0.4, 0.5) is 5.69 Å². The van der Waals surface area contributed by atoms with Crippen LogP contribution in [0, 0.1) is 12.8 Å². The molecule has 1 heterocycles. The highest BCUT2D eigenvalue weighted by Crippen LogP contribution is 2.45. The number of fused-ring (bicyclic) bond motifs is 1. The highest BCUT2D eigenvalue weighted by molar-refractivity contribution is 9.10. The smallest absolute Gasteiger partial charge is 0.330 e. The van der Waals surface area contributed by atoms with E-state index in [1.54, 1.807) is 32.0 Å². The molecular formula is C22H17BrCl4N2O5. The maximum Gasteiger partial charge on any atom is 0.330 e. The van der Waals surface area contributed by atoms with Crippen molar-refractivity contribution in [3.63, 3.8) is 0 Å². The van der Waals surface area contributed by atoms with Gasteiger partial charge in [-0.25, -0.2) is 4.79 Å². The molecule has 0 bridgehead atoms. The first-order valence-electron chi connectivity index (χ1n) is 9.83. The number of amides is 3. The number of esters is 1. The number of nitrogens with zero attached hydrogens (tertiary/aromatic N) is 1. The highest BCUT2D eigenvalue weighted by atomic mass is 79.9. The van der Waals surface area contributed by atoms with Crippen LogP contribution in [0.5, 0.6) is 0 Å². The zero-order valence-electron chi connectivity index (χ0n) is 18.0. The molecule has 12 heteroatoms. The van der Waals surface area contributed by atoms with Gasteiger partial charge in [-0.15, -0.1) is 0 Å². The van der Waals surface area contributed by atoms with Crippen LogP contribution in [0.1, 0.15) is 40.1 Å². The molecule has 0 fully saturated rings. The number of anilines is 1. The van der Waals surface area contributed by atoms with Gasteiger partial charge in [-0.2, -0.15) is 0 Å². The molecule has 2 aromatic carbocycles. The lowest BCUT2D eigenvalue weighted by Gasteiger charge is -2.27. The molecular weight excluding hydrogens is 594 g/mol. The van der Waals surface area contributed by atoms with Crippen molar-refractivity contribution < 1.29 is 23.9 Å². The van der Waals surface area contributed by atoms with E-state index in [2.05, 4.69) is 21.2 Å². The van der Waals surface area contributed by atoms with Crippen molar-refractivity contribution in [1.29, 1.82) is 0 Å². The fraction of sp³-hybridized carbons (Fsp3) is 0.273. The summed E-state index contributed by atoms with van der Waals surface area (Å²) in [7, 11) is 0. The minimum absolute atomic E-state index is 0.182. The zero-order valence-corrected chi connectivity index (χ0v) is 22.6. The van der Waals surface area contributed by atoms with Crippen molar-refractivity contribution in [2.24, 2.45) is 5.92 Å². The summed E-state index contributed by atoms with van der Waals surface area (Å²) in [6, 6.07) is 3.84. The first-order chi connectivity index (χ1) is 15.9. The van der Waals surface area contributed by atoms with E-state index >= 15 is 0 Å². The number of aryl methyl sites for hydroxylation is 1. The molecule has 0 aromatic heterocycles. The maximum atomic E-state index is 13.1. The first-order valence-corrected chi connectivity index (χ1v) is 12.1. The molecule has 3 rings (SSSR count). The van der Waals surface area contributed by atoms with E-state index in [-0.39, 0.29) is 31.2 Å². The molecule has 7 nitrogen and oxygen atoms in total. The number of rotatable bonds is 6. The van der Waals surface area contributed by atoms with Crippen molar-refractivity contribution in [3.8, 4) is 0 Å². The summed E-state index contributed by atoms with van der Waals surface area (Å²) >= 11 is 27.8. The van der Waals surface area contributed by atoms with Crippen LogP contribution in [0.15, 0.2) is 22.7 Å². The van der Waals surface area contributed by atoms with E-state index in [4.69, 9.17) is 51.1 Å². The molecule has 180 valence electrons. The number of halogens is 5. The van der Waals surface area contributed by atoms with Crippen LogP contribution in [0.25, 0.3) is 0 Å². The van der Waals surface area contributed by atoms with Gasteiger partial charge in [-0.1, -0.05) is 76.2 Å². The third-order valence-electron chi connectivity index (χ3n) is 5.07. The second-order valence-electron chi connectivity index (χ2n) is 7.79. The lowest BCUT2D eigenvalue weighted by atomic mass is 10.0. The van der Waals surface area contributed by atoms with E-state index in [9.17, 15) is 19.2 Å². The summed E-state index contributed by atoms with van der Waals surface area (Å²) in [6.07, 6.45) is 0. The number of hydrogen-bond donors (Lipinski definition) is 1. The van der Waals surface area contributed by atoms with Gasteiger partial charge in [0.05, 0.1) is 31.2 Å². The quantitative estimate of drug-likeness (QED) is 0.183. The number of carbonyl (C=O) groups is 4. The molecule has 0 radical (unpaired) electrons. The van der Waals surface area contributed by atoms with Gasteiger partial charge in [-0.3, -0.25) is 19.3 Å². The summed E-state index contributed by atoms with van der Waals surface area (Å²) < 4.78 is 6.02. The number of ether oxygens (including phenoxy) is 1. The normalized spacial score (nSPS) is 13.9. The maximum absolute atomic E-state index is 13.1. The molecule has 1 atom stereocenters. The molecule has 0 saturated heterocycles. The van der Waals surface area contributed by atoms with Crippen LogP contribution in [-0.4, -0.2) is 41.2 Å². The molecule has 0 aliphatic carbocycles. The summed E-state index contributed by atoms with van der Waals surface area (Å²) in [5.41, 5.74) is 0.930. The number of imide groups is 1. The van der Waals surface area contributed by atoms with Crippen molar-refractivity contribution in [2.45, 2.75) is 26.8 Å². The lowest BCUT2D eigenvalue weighted by molar-refractivity contribution is -0.152. The Bertz CT molecular complexity index is 1190. The van der Waals surface area contributed by atoms with Gasteiger partial charge in [0.2, 0.25) is 0 Å². The van der Waals surface area contributed by atoms with E-state index in [0.29, 0.717) is 10.6 Å². The Balaban J connectivity index is 1.80. The van der Waals surface area contributed by atoms with Crippen LogP contribution in [0.2, 0.25) is 20.1 Å². The molecule has 1 aliphatic rings. The Morgan fingerprint density at radius 2 is 1.53 bits per heavy atom. The third kappa shape index (κ3) is 4.93. The molecule has 0 unspecified atom stereocenters. The third-order valence-corrected chi connectivity index (χ3v) is 7.76. The van der Waals surface area contributed by atoms with Crippen molar-refractivity contribution in [1.82, 2.24) is 4.90 Å². The van der Waals surface area contributed by atoms with Gasteiger partial charge in [0, 0.05) is 10.2 Å². The Labute approximate surface area is 223 Å². The molecule has 1 N–H and O–H groups in total. The van der Waals surface area contributed by atoms with Crippen molar-refractivity contribution in [3.05, 3.63) is 59.5 Å². The van der Waals surface area contributed by atoms with Gasteiger partial charge in [0.15, 0.2) is 6.61 Å². The minimum atomic E-state index is -1.35. The van der Waals surface area contributed by atoms with E-state index in [1.807, 2.05) is 6.92 Å². The molecule has 2 aromatic rings. The number of nitrogens with one attached hydrogen (secondary N) is 1. The Kier molecular flexibility index (Phi) is 8.20. The van der Waals surface area contributed by atoms with Gasteiger partial charge < -0.3 is 10.1 Å². The van der Waals surface area contributed by atoms with Gasteiger partial charge in [-0.05, 0) is 36.6 Å². The monoisotopic (exact) mass is 608 g/mol. The highest BCUT2D eigenvalue weighted by Gasteiger charge is 2.48. The number of hydrogen-bond acceptors (Lipinski definition) is 5. The molecule has 0 spiro atoms. The average Bonchev–Trinajstić information content (AvgIpc) is 3.02. The number of carbonyl (C=O) groups excluding carboxylic acids is 4. The van der Waals surface area contributed by atoms with E-state index in [1.165, 1.54) is 0 Å². The molecule has 34 heavy (non-hydrogen) atoms. The summed E-state index contributed by atoms with van der Waals surface area (Å²) in [6.45, 7) is 4.46. The Morgan fingerprint density at radius 3 is 2.00 bits per heavy atom. The van der Waals surface area contributed by atoms with Gasteiger partial charge in [0.25, 0.3) is 17.7 Å². The van der Waals surface area contributed by atoms with E-state index in [0.717, 1.165) is 10.0 Å². The Morgan fingerprint density at radius 1 is 1.00 bits per heavy atom. The standard InChI is InChI=1S/C22H17BrCl4N2O5/c1-8(2)19(22(33)34-7-12(30)28-10-4-5-11(23)9(3)6-10)29-20(31)13-14(21(29)32)16(25)18(27)17(26)15(13)24/h4-6,8,19H,7H2,1-3H3,(H,28,30)/t19-/m1/s1. The summed E-state index contributed by atoms with van der Waals surface area (Å²) in [5, 5.41) is 1.76. The SMILES string of the molecule is Cc1cc(NC(=O)COC(=O)[C@@H](C(C)C)N2C(=O)c3c(Cl)c(Cl)c(Cl)c(Cl)c3C2=O)ccc1Br. The number of benzene rings is 2. The summed E-state index contributed by atoms with van der Waals surface area (Å²) in [4.78, 5) is 52.1. The van der Waals surface area contributed by atoms with Gasteiger partial charge >= 0.3 is 5.97 Å². The molecule has 3 amide bonds. The van der Waals surface area contributed by atoms with Crippen molar-refractivity contribution >= 4 is 91.7 Å². The van der Waals surface area contributed by atoms with Crippen LogP contribution >= 0.6 is 62.3 Å². The largest absolute Gasteiger partial charge is 0.454 e.